The van der Waals surface area contributed by atoms with Gasteiger partial charge in [0.25, 0.3) is 10.0 Å². The van der Waals surface area contributed by atoms with Crippen LogP contribution in [-0.2, 0) is 14.8 Å². The van der Waals surface area contributed by atoms with E-state index in [0.717, 1.165) is 17.1 Å². The van der Waals surface area contributed by atoms with Gasteiger partial charge < -0.3 is 5.32 Å². The van der Waals surface area contributed by atoms with Gasteiger partial charge >= 0.3 is 0 Å². The second kappa shape index (κ2) is 6.83. The van der Waals surface area contributed by atoms with Crippen LogP contribution in [0.4, 0.5) is 5.69 Å². The van der Waals surface area contributed by atoms with Crippen LogP contribution in [0.1, 0.15) is 12.8 Å². The van der Waals surface area contributed by atoms with Gasteiger partial charge in [-0.1, -0.05) is 35.9 Å². The standard InChI is InChI=1S/C17H17ClN2O3S/c18-13-5-4-6-15(11-13)20(12-17(21)19-14-9-10-14)24(22,23)16-7-2-1-3-8-16/h1-8,11,14H,9-10,12H2,(H,19,21). The number of nitrogens with zero attached hydrogens (tertiary/aromatic N) is 1. The summed E-state index contributed by atoms with van der Waals surface area (Å²) in [5.74, 6) is -0.322. The summed E-state index contributed by atoms with van der Waals surface area (Å²) < 4.78 is 27.1. The predicted molar refractivity (Wildman–Crippen MR) is 93.6 cm³/mol. The molecule has 0 saturated heterocycles. The summed E-state index contributed by atoms with van der Waals surface area (Å²) in [5.41, 5.74) is 0.359. The van der Waals surface area contributed by atoms with E-state index in [1.807, 2.05) is 0 Å². The summed E-state index contributed by atoms with van der Waals surface area (Å²) in [4.78, 5) is 12.3. The van der Waals surface area contributed by atoms with Crippen LogP contribution < -0.4 is 9.62 Å². The molecule has 0 atom stereocenters. The fourth-order valence-electron chi connectivity index (χ4n) is 2.30. The summed E-state index contributed by atoms with van der Waals surface area (Å²) >= 11 is 5.99. The molecule has 1 saturated carbocycles. The van der Waals surface area contributed by atoms with Gasteiger partial charge in [-0.05, 0) is 43.2 Å². The first-order chi connectivity index (χ1) is 11.5. The van der Waals surface area contributed by atoms with Crippen molar-refractivity contribution in [3.05, 3.63) is 59.6 Å². The number of nitrogens with one attached hydrogen (secondary N) is 1. The smallest absolute Gasteiger partial charge is 0.264 e. The number of rotatable bonds is 6. The average molecular weight is 365 g/mol. The number of hydrogen-bond acceptors (Lipinski definition) is 3. The molecule has 126 valence electrons. The average Bonchev–Trinajstić information content (AvgIpc) is 3.37. The minimum atomic E-state index is -3.87. The van der Waals surface area contributed by atoms with E-state index in [9.17, 15) is 13.2 Å². The van der Waals surface area contributed by atoms with Crippen LogP contribution >= 0.6 is 11.6 Å². The van der Waals surface area contributed by atoms with Crippen molar-refractivity contribution in [1.82, 2.24) is 5.32 Å². The SMILES string of the molecule is O=C(CN(c1cccc(Cl)c1)S(=O)(=O)c1ccccc1)NC1CC1. The molecule has 3 rings (SSSR count). The second-order valence-corrected chi connectivity index (χ2v) is 7.95. The van der Waals surface area contributed by atoms with E-state index < -0.39 is 10.0 Å². The molecule has 1 aliphatic rings. The first kappa shape index (κ1) is 16.8. The molecule has 0 aliphatic heterocycles. The Morgan fingerprint density at radius 1 is 1.12 bits per heavy atom. The first-order valence-corrected chi connectivity index (χ1v) is 9.41. The number of carbonyl (C=O) groups is 1. The van der Waals surface area contributed by atoms with E-state index in [1.54, 1.807) is 36.4 Å². The Balaban J connectivity index is 1.96. The van der Waals surface area contributed by atoms with E-state index in [2.05, 4.69) is 5.32 Å². The number of hydrogen-bond donors (Lipinski definition) is 1. The Kier molecular flexibility index (Phi) is 4.78. The largest absolute Gasteiger partial charge is 0.352 e. The van der Waals surface area contributed by atoms with E-state index in [-0.39, 0.29) is 23.4 Å². The Bertz CT molecular complexity index is 836. The first-order valence-electron chi connectivity index (χ1n) is 7.59. The molecule has 2 aromatic rings. The fourth-order valence-corrected chi connectivity index (χ4v) is 3.92. The van der Waals surface area contributed by atoms with Crippen LogP contribution in [-0.4, -0.2) is 26.9 Å². The normalized spacial score (nSPS) is 14.2. The third kappa shape index (κ3) is 3.88. The molecule has 0 unspecified atom stereocenters. The number of anilines is 1. The summed E-state index contributed by atoms with van der Waals surface area (Å²) in [7, 11) is -3.87. The van der Waals surface area contributed by atoms with Gasteiger partial charge in [-0.2, -0.15) is 0 Å². The lowest BCUT2D eigenvalue weighted by atomic mass is 10.3. The van der Waals surface area contributed by atoms with Crippen molar-refractivity contribution in [2.45, 2.75) is 23.8 Å². The highest BCUT2D eigenvalue weighted by molar-refractivity contribution is 7.92. The monoisotopic (exact) mass is 364 g/mol. The molecule has 1 aliphatic carbocycles. The van der Waals surface area contributed by atoms with E-state index >= 15 is 0 Å². The third-order valence-electron chi connectivity index (χ3n) is 3.66. The van der Waals surface area contributed by atoms with Gasteiger partial charge in [-0.3, -0.25) is 9.10 Å². The molecule has 1 fully saturated rings. The van der Waals surface area contributed by atoms with Gasteiger partial charge in [0.05, 0.1) is 10.6 Å². The van der Waals surface area contributed by atoms with Gasteiger partial charge in [0.2, 0.25) is 5.91 Å². The molecular weight excluding hydrogens is 348 g/mol. The minimum absolute atomic E-state index is 0.129. The molecule has 0 aromatic heterocycles. The van der Waals surface area contributed by atoms with Crippen molar-refractivity contribution in [3.8, 4) is 0 Å². The van der Waals surface area contributed by atoms with Crippen molar-refractivity contribution in [2.24, 2.45) is 0 Å². The maximum Gasteiger partial charge on any atom is 0.264 e. The quantitative estimate of drug-likeness (QED) is 0.857. The van der Waals surface area contributed by atoms with Crippen molar-refractivity contribution in [3.63, 3.8) is 0 Å². The van der Waals surface area contributed by atoms with Gasteiger partial charge in [-0.15, -0.1) is 0 Å². The van der Waals surface area contributed by atoms with Crippen LogP contribution in [0.25, 0.3) is 0 Å². The zero-order valence-corrected chi connectivity index (χ0v) is 14.4. The van der Waals surface area contributed by atoms with Crippen LogP contribution in [0.15, 0.2) is 59.5 Å². The van der Waals surface area contributed by atoms with Crippen LogP contribution in [0.3, 0.4) is 0 Å². The Labute approximate surface area is 146 Å². The van der Waals surface area contributed by atoms with E-state index in [4.69, 9.17) is 11.6 Å². The summed E-state index contributed by atoms with van der Waals surface area (Å²) in [5, 5.41) is 3.22. The molecule has 1 amide bonds. The van der Waals surface area contributed by atoms with Crippen LogP contribution in [0, 0.1) is 0 Å². The van der Waals surface area contributed by atoms with Crippen molar-refractivity contribution in [2.75, 3.05) is 10.8 Å². The number of amides is 1. The number of carbonyl (C=O) groups excluding carboxylic acids is 1. The highest BCUT2D eigenvalue weighted by Gasteiger charge is 2.29. The molecule has 24 heavy (non-hydrogen) atoms. The van der Waals surface area contributed by atoms with Gasteiger partial charge in [-0.25, -0.2) is 8.42 Å². The summed E-state index contributed by atoms with van der Waals surface area (Å²) in [6, 6.07) is 14.7. The molecule has 0 radical (unpaired) electrons. The zero-order chi connectivity index (χ0) is 17.2. The highest BCUT2D eigenvalue weighted by atomic mass is 35.5. The van der Waals surface area contributed by atoms with Crippen LogP contribution in [0.5, 0.6) is 0 Å². The van der Waals surface area contributed by atoms with Gasteiger partial charge in [0.15, 0.2) is 0 Å². The highest BCUT2D eigenvalue weighted by Crippen LogP contribution is 2.26. The van der Waals surface area contributed by atoms with Crippen molar-refractivity contribution in [1.29, 1.82) is 0 Å². The molecule has 7 heteroatoms. The topological polar surface area (TPSA) is 66.5 Å². The molecule has 0 spiro atoms. The van der Waals surface area contributed by atoms with E-state index in [1.165, 1.54) is 18.2 Å². The van der Waals surface area contributed by atoms with Crippen molar-refractivity contribution < 1.29 is 13.2 Å². The summed E-state index contributed by atoms with van der Waals surface area (Å²) in [6.45, 7) is -0.284. The van der Waals surface area contributed by atoms with Gasteiger partial charge in [0.1, 0.15) is 6.54 Å². The molecule has 0 bridgehead atoms. The minimum Gasteiger partial charge on any atom is -0.352 e. The maximum atomic E-state index is 13.0. The molecule has 0 heterocycles. The second-order valence-electron chi connectivity index (χ2n) is 5.65. The lowest BCUT2D eigenvalue weighted by Crippen LogP contribution is -2.41. The predicted octanol–water partition coefficient (Wildman–Crippen LogP) is 2.81. The van der Waals surface area contributed by atoms with Gasteiger partial charge in [0, 0.05) is 11.1 Å². The van der Waals surface area contributed by atoms with Crippen molar-refractivity contribution >= 4 is 33.2 Å². The lowest BCUT2D eigenvalue weighted by molar-refractivity contribution is -0.119. The Morgan fingerprint density at radius 3 is 2.46 bits per heavy atom. The Morgan fingerprint density at radius 2 is 1.83 bits per heavy atom. The molecular formula is C17H17ClN2O3S. The third-order valence-corrected chi connectivity index (χ3v) is 5.68. The molecule has 5 nitrogen and oxygen atoms in total. The molecule has 2 aromatic carbocycles. The molecule has 1 N–H and O–H groups in total. The number of sulfonamides is 1. The maximum absolute atomic E-state index is 13.0. The number of halogens is 1. The Hall–Kier alpha value is -2.05. The lowest BCUT2D eigenvalue weighted by Gasteiger charge is -2.24. The summed E-state index contributed by atoms with van der Waals surface area (Å²) in [6.07, 6.45) is 1.88. The fraction of sp³-hybridized carbons (Fsp3) is 0.235. The van der Waals surface area contributed by atoms with Crippen LogP contribution in [0.2, 0.25) is 5.02 Å². The van der Waals surface area contributed by atoms with E-state index in [0.29, 0.717) is 10.7 Å². The number of benzene rings is 2. The zero-order valence-electron chi connectivity index (χ0n) is 12.9.